The highest BCUT2D eigenvalue weighted by Gasteiger charge is 2.64. The molecule has 13 nitrogen and oxygen atoms in total. The lowest BCUT2D eigenvalue weighted by Gasteiger charge is -2.45. The number of carbonyl (C=O) groups is 4. The van der Waals surface area contributed by atoms with Gasteiger partial charge in [0.15, 0.2) is 30.9 Å². The minimum atomic E-state index is -1.30. The highest BCUT2D eigenvalue weighted by Crippen LogP contribution is 2.44. The fraction of sp³-hybridized carbons (Fsp3) is 0.800. The number of ether oxygens (including phenoxy) is 9. The van der Waals surface area contributed by atoms with Crippen LogP contribution in [0.4, 0.5) is 0 Å². The molecule has 4 heterocycles. The SMILES string of the molecule is CC(=O)OC[C@H]1O[C@@H](O[C@H]2[C@@H]3O[C@@H]3[C@@H]3OC[C@H]2O3)[C@H](OC(C)=O)[C@@H](OC(C)=O)[C@@H]1OC(C)=O. The number of esters is 4. The summed E-state index contributed by atoms with van der Waals surface area (Å²) in [6, 6.07) is 0. The Bertz CT molecular complexity index is 799. The number of rotatable bonds is 7. The fourth-order valence-corrected chi connectivity index (χ4v) is 4.23. The number of hydrogen-bond acceptors (Lipinski definition) is 13. The first-order chi connectivity index (χ1) is 15.6. The van der Waals surface area contributed by atoms with Gasteiger partial charge in [0.05, 0.1) is 6.61 Å². The zero-order valence-corrected chi connectivity index (χ0v) is 18.5. The Morgan fingerprint density at radius 1 is 0.727 bits per heavy atom. The molecule has 184 valence electrons. The van der Waals surface area contributed by atoms with Crippen LogP contribution in [0.5, 0.6) is 0 Å². The topological polar surface area (TPSA) is 155 Å². The molecule has 4 aliphatic rings. The molecular weight excluding hydrogens is 448 g/mol. The summed E-state index contributed by atoms with van der Waals surface area (Å²) in [5.41, 5.74) is 0. The van der Waals surface area contributed by atoms with Crippen LogP contribution < -0.4 is 0 Å². The third-order valence-electron chi connectivity index (χ3n) is 5.49. The smallest absolute Gasteiger partial charge is 0.303 e. The summed E-state index contributed by atoms with van der Waals surface area (Å²) in [5.74, 6) is -2.75. The van der Waals surface area contributed by atoms with E-state index in [0.29, 0.717) is 0 Å². The van der Waals surface area contributed by atoms with E-state index in [0.717, 1.165) is 20.8 Å². The van der Waals surface area contributed by atoms with Crippen molar-refractivity contribution in [1.82, 2.24) is 0 Å². The molecule has 0 amide bonds. The van der Waals surface area contributed by atoms with Crippen LogP contribution in [-0.2, 0) is 61.8 Å². The molecule has 4 rings (SSSR count). The largest absolute Gasteiger partial charge is 0.463 e. The Balaban J connectivity index is 1.62. The van der Waals surface area contributed by atoms with E-state index in [1.165, 1.54) is 6.92 Å². The van der Waals surface area contributed by atoms with Gasteiger partial charge in [-0.2, -0.15) is 0 Å². The lowest BCUT2D eigenvalue weighted by Crippen LogP contribution is -2.64. The van der Waals surface area contributed by atoms with E-state index >= 15 is 0 Å². The highest BCUT2D eigenvalue weighted by molar-refractivity contribution is 5.68. The summed E-state index contributed by atoms with van der Waals surface area (Å²) < 4.78 is 50.1. The van der Waals surface area contributed by atoms with Gasteiger partial charge in [-0.05, 0) is 0 Å². The Labute approximate surface area is 188 Å². The Morgan fingerprint density at radius 3 is 2.00 bits per heavy atom. The van der Waals surface area contributed by atoms with E-state index in [1.807, 2.05) is 0 Å². The van der Waals surface area contributed by atoms with Gasteiger partial charge in [0.2, 0.25) is 0 Å². The normalized spacial score (nSPS) is 40.8. The van der Waals surface area contributed by atoms with E-state index in [-0.39, 0.29) is 25.4 Å². The van der Waals surface area contributed by atoms with E-state index in [4.69, 9.17) is 42.6 Å². The summed E-state index contributed by atoms with van der Waals surface area (Å²) in [6.45, 7) is 4.59. The molecule has 0 unspecified atom stereocenters. The standard InChI is InChI=1S/C20H26O13/c1-7(21)25-5-11-13(27-8(2)22)15(28-9(3)23)18(29-10(4)24)20(31-11)33-14-12-6-26-19(30-12)17-16(14)32-17/h11-20H,5-6H2,1-4H3/t11-,12-,13-,14-,15+,16+,17+,18-,19-,20+/m1/s1. The van der Waals surface area contributed by atoms with Gasteiger partial charge in [-0.25, -0.2) is 0 Å². The molecule has 2 bridgehead atoms. The maximum absolute atomic E-state index is 11.9. The van der Waals surface area contributed by atoms with E-state index < -0.39 is 73.1 Å². The summed E-state index contributed by atoms with van der Waals surface area (Å²) in [4.78, 5) is 46.9. The zero-order valence-electron chi connectivity index (χ0n) is 18.5. The predicted molar refractivity (Wildman–Crippen MR) is 100 cm³/mol. The molecule has 4 aliphatic heterocycles. The molecule has 4 saturated heterocycles. The van der Waals surface area contributed by atoms with Gasteiger partial charge in [0.25, 0.3) is 0 Å². The average molecular weight is 474 g/mol. The monoisotopic (exact) mass is 474 g/mol. The van der Waals surface area contributed by atoms with Crippen LogP contribution in [0.1, 0.15) is 27.7 Å². The van der Waals surface area contributed by atoms with E-state index in [2.05, 4.69) is 0 Å². The molecule has 0 saturated carbocycles. The van der Waals surface area contributed by atoms with Crippen molar-refractivity contribution in [3.63, 3.8) is 0 Å². The van der Waals surface area contributed by atoms with Crippen molar-refractivity contribution in [1.29, 1.82) is 0 Å². The molecule has 4 fully saturated rings. The molecule has 13 heteroatoms. The maximum atomic E-state index is 11.9. The van der Waals surface area contributed by atoms with Crippen molar-refractivity contribution in [2.45, 2.75) is 89.1 Å². The Hall–Kier alpha value is -2.32. The summed E-state index contributed by atoms with van der Waals surface area (Å²) in [5, 5.41) is 0. The first-order valence-electron chi connectivity index (χ1n) is 10.5. The van der Waals surface area contributed by atoms with Crippen LogP contribution in [-0.4, -0.2) is 98.5 Å². The van der Waals surface area contributed by atoms with Crippen LogP contribution in [0.2, 0.25) is 0 Å². The molecule has 0 aromatic carbocycles. The quantitative estimate of drug-likeness (QED) is 0.251. The summed E-state index contributed by atoms with van der Waals surface area (Å²) >= 11 is 0. The number of hydrogen-bond donors (Lipinski definition) is 0. The molecule has 0 aromatic rings. The summed E-state index contributed by atoms with van der Waals surface area (Å²) in [7, 11) is 0. The van der Waals surface area contributed by atoms with Crippen LogP contribution in [0, 0.1) is 0 Å². The van der Waals surface area contributed by atoms with Gasteiger partial charge in [0, 0.05) is 27.7 Å². The Kier molecular flexibility index (Phi) is 6.86. The lowest BCUT2D eigenvalue weighted by atomic mass is 9.97. The molecule has 0 aliphatic carbocycles. The van der Waals surface area contributed by atoms with Crippen molar-refractivity contribution in [3.8, 4) is 0 Å². The molecule has 0 spiro atoms. The molecule has 0 radical (unpaired) electrons. The van der Waals surface area contributed by atoms with Crippen molar-refractivity contribution in [2.75, 3.05) is 13.2 Å². The van der Waals surface area contributed by atoms with Crippen LogP contribution >= 0.6 is 0 Å². The van der Waals surface area contributed by atoms with Crippen LogP contribution in [0.15, 0.2) is 0 Å². The van der Waals surface area contributed by atoms with Gasteiger partial charge in [-0.15, -0.1) is 0 Å². The first kappa shape index (κ1) is 23.8. The van der Waals surface area contributed by atoms with Crippen LogP contribution in [0.25, 0.3) is 0 Å². The highest BCUT2D eigenvalue weighted by atomic mass is 16.8. The van der Waals surface area contributed by atoms with Gasteiger partial charge >= 0.3 is 23.9 Å². The molecule has 0 aromatic heterocycles. The van der Waals surface area contributed by atoms with Gasteiger partial charge < -0.3 is 42.6 Å². The van der Waals surface area contributed by atoms with E-state index in [9.17, 15) is 19.2 Å². The zero-order chi connectivity index (χ0) is 23.9. The van der Waals surface area contributed by atoms with Gasteiger partial charge in [-0.3, -0.25) is 19.2 Å². The van der Waals surface area contributed by atoms with Gasteiger partial charge in [0.1, 0.15) is 37.1 Å². The van der Waals surface area contributed by atoms with Crippen LogP contribution in [0.3, 0.4) is 0 Å². The van der Waals surface area contributed by atoms with Crippen molar-refractivity contribution >= 4 is 23.9 Å². The Morgan fingerprint density at radius 2 is 1.36 bits per heavy atom. The third kappa shape index (κ3) is 5.27. The predicted octanol–water partition coefficient (Wildman–Crippen LogP) is -1.02. The number of fused-ring (bicyclic) bond motifs is 4. The van der Waals surface area contributed by atoms with E-state index in [1.54, 1.807) is 0 Å². The van der Waals surface area contributed by atoms with Gasteiger partial charge in [-0.1, -0.05) is 0 Å². The lowest BCUT2D eigenvalue weighted by molar-refractivity contribution is -0.324. The number of epoxide rings is 1. The minimum absolute atomic E-state index is 0.275. The average Bonchev–Trinajstić information content (AvgIpc) is 3.40. The number of carbonyl (C=O) groups excluding carboxylic acids is 4. The minimum Gasteiger partial charge on any atom is -0.463 e. The summed E-state index contributed by atoms with van der Waals surface area (Å²) in [6.07, 6.45) is -8.39. The molecule has 10 atom stereocenters. The molecule has 33 heavy (non-hydrogen) atoms. The second-order valence-electron chi connectivity index (χ2n) is 8.11. The first-order valence-corrected chi connectivity index (χ1v) is 10.5. The second-order valence-corrected chi connectivity index (χ2v) is 8.11. The molecular formula is C20H26O13. The van der Waals surface area contributed by atoms with Crippen molar-refractivity contribution in [2.24, 2.45) is 0 Å². The third-order valence-corrected chi connectivity index (χ3v) is 5.49. The molecule has 0 N–H and O–H groups in total. The van der Waals surface area contributed by atoms with Crippen molar-refractivity contribution < 1.29 is 61.8 Å². The van der Waals surface area contributed by atoms with Crippen molar-refractivity contribution in [3.05, 3.63) is 0 Å². The second kappa shape index (κ2) is 9.50. The fourth-order valence-electron chi connectivity index (χ4n) is 4.23. The maximum Gasteiger partial charge on any atom is 0.303 e.